The van der Waals surface area contributed by atoms with Crippen LogP contribution in [-0.2, 0) is 0 Å². The number of benzene rings is 1. The van der Waals surface area contributed by atoms with Gasteiger partial charge in [-0.2, -0.15) is 0 Å². The second-order valence-electron chi connectivity index (χ2n) is 1.95. The lowest BCUT2D eigenvalue weighted by Gasteiger charge is -1.92. The largest absolute Gasteiger partial charge is 0.142 e. The number of halogens is 1. The third-order valence-electron chi connectivity index (χ3n) is 1.19. The summed E-state index contributed by atoms with van der Waals surface area (Å²) in [5, 5.41) is 0. The van der Waals surface area contributed by atoms with E-state index in [0.717, 1.165) is 10.5 Å². The van der Waals surface area contributed by atoms with Crippen molar-refractivity contribution in [3.63, 3.8) is 0 Å². The maximum Gasteiger partial charge on any atom is 0.0839 e. The Labute approximate surface area is 77.0 Å². The van der Waals surface area contributed by atoms with E-state index in [9.17, 15) is 0 Å². The van der Waals surface area contributed by atoms with Crippen molar-refractivity contribution in [1.29, 1.82) is 0 Å². The van der Waals surface area contributed by atoms with Crippen molar-refractivity contribution in [2.24, 2.45) is 0 Å². The van der Waals surface area contributed by atoms with Gasteiger partial charge in [0.1, 0.15) is 0 Å². The average molecular weight is 183 g/mol. The topological polar surface area (TPSA) is 0 Å². The van der Waals surface area contributed by atoms with Gasteiger partial charge < -0.3 is 0 Å². The minimum absolute atomic E-state index is 0.363. The summed E-state index contributed by atoms with van der Waals surface area (Å²) in [5.41, 5.74) is 0.927. The molecular weight excluding hydrogens is 176 g/mol. The summed E-state index contributed by atoms with van der Waals surface area (Å²) < 4.78 is 0. The molecule has 1 aromatic carbocycles. The fourth-order valence-corrected chi connectivity index (χ4v) is 0.991. The second-order valence-corrected chi connectivity index (χ2v) is 2.70. The maximum absolute atomic E-state index is 5.41. The molecule has 0 N–H and O–H groups in total. The van der Waals surface area contributed by atoms with Gasteiger partial charge in [0, 0.05) is 10.5 Å². The van der Waals surface area contributed by atoms with Gasteiger partial charge in [0.15, 0.2) is 0 Å². The molecule has 0 fully saturated rings. The van der Waals surface area contributed by atoms with Gasteiger partial charge in [-0.1, -0.05) is 24.0 Å². The standard InChI is InChI=1S/C9H7ClS/c10-7-3-5-8-4-1-2-6-9(8)11/h1-2,4,6,11H,7H2. The van der Waals surface area contributed by atoms with Crippen LogP contribution in [0.25, 0.3) is 0 Å². The van der Waals surface area contributed by atoms with E-state index in [1.165, 1.54) is 0 Å². The van der Waals surface area contributed by atoms with Gasteiger partial charge in [0.05, 0.1) is 5.88 Å². The first-order valence-corrected chi connectivity index (χ1v) is 4.15. The van der Waals surface area contributed by atoms with Crippen molar-refractivity contribution >= 4 is 24.2 Å². The van der Waals surface area contributed by atoms with E-state index in [4.69, 9.17) is 11.6 Å². The molecule has 0 spiro atoms. The van der Waals surface area contributed by atoms with Crippen molar-refractivity contribution < 1.29 is 0 Å². The Morgan fingerprint density at radius 1 is 1.36 bits per heavy atom. The first kappa shape index (κ1) is 8.52. The molecule has 0 saturated carbocycles. The van der Waals surface area contributed by atoms with E-state index in [-0.39, 0.29) is 0 Å². The third kappa shape index (κ3) is 2.49. The van der Waals surface area contributed by atoms with Crippen LogP contribution in [0.2, 0.25) is 0 Å². The minimum atomic E-state index is 0.363. The zero-order chi connectivity index (χ0) is 8.10. The van der Waals surface area contributed by atoms with Gasteiger partial charge >= 0.3 is 0 Å². The smallest absolute Gasteiger partial charge is 0.0839 e. The van der Waals surface area contributed by atoms with Crippen molar-refractivity contribution in [2.75, 3.05) is 5.88 Å². The van der Waals surface area contributed by atoms with Gasteiger partial charge in [0.2, 0.25) is 0 Å². The lowest BCUT2D eigenvalue weighted by Crippen LogP contribution is -1.75. The first-order valence-electron chi connectivity index (χ1n) is 3.17. The van der Waals surface area contributed by atoms with Crippen LogP contribution in [0.5, 0.6) is 0 Å². The fourth-order valence-electron chi connectivity index (χ4n) is 0.708. The van der Waals surface area contributed by atoms with Crippen LogP contribution in [0.3, 0.4) is 0 Å². The molecule has 56 valence electrons. The molecule has 0 aliphatic rings. The molecular formula is C9H7ClS. The summed E-state index contributed by atoms with van der Waals surface area (Å²) >= 11 is 9.63. The van der Waals surface area contributed by atoms with E-state index < -0.39 is 0 Å². The van der Waals surface area contributed by atoms with E-state index >= 15 is 0 Å². The summed E-state index contributed by atoms with van der Waals surface area (Å²) in [6.45, 7) is 0. The van der Waals surface area contributed by atoms with Crippen molar-refractivity contribution in [3.05, 3.63) is 29.8 Å². The van der Waals surface area contributed by atoms with E-state index in [1.54, 1.807) is 0 Å². The van der Waals surface area contributed by atoms with Gasteiger partial charge in [-0.15, -0.1) is 24.2 Å². The quantitative estimate of drug-likeness (QED) is 0.356. The summed E-state index contributed by atoms with van der Waals surface area (Å²) in [4.78, 5) is 0.894. The fraction of sp³-hybridized carbons (Fsp3) is 0.111. The maximum atomic E-state index is 5.41. The van der Waals surface area contributed by atoms with Crippen LogP contribution in [0, 0.1) is 11.8 Å². The van der Waals surface area contributed by atoms with Gasteiger partial charge in [-0.25, -0.2) is 0 Å². The summed E-state index contributed by atoms with van der Waals surface area (Å²) in [6, 6.07) is 7.68. The molecule has 1 rings (SSSR count). The molecule has 0 atom stereocenters. The monoisotopic (exact) mass is 182 g/mol. The Morgan fingerprint density at radius 3 is 2.73 bits per heavy atom. The first-order chi connectivity index (χ1) is 5.34. The third-order valence-corrected chi connectivity index (χ3v) is 1.72. The highest BCUT2D eigenvalue weighted by Crippen LogP contribution is 2.10. The molecule has 0 aliphatic carbocycles. The lowest BCUT2D eigenvalue weighted by atomic mass is 10.2. The molecule has 0 bridgehead atoms. The van der Waals surface area contributed by atoms with Crippen LogP contribution in [0.1, 0.15) is 5.56 Å². The Balaban J connectivity index is 2.95. The van der Waals surface area contributed by atoms with Crippen LogP contribution in [0.15, 0.2) is 29.2 Å². The molecule has 11 heavy (non-hydrogen) atoms. The molecule has 1 aromatic rings. The molecule has 0 heterocycles. The predicted molar refractivity (Wildman–Crippen MR) is 51.3 cm³/mol. The minimum Gasteiger partial charge on any atom is -0.142 e. The molecule has 0 saturated heterocycles. The number of hydrogen-bond acceptors (Lipinski definition) is 1. The Bertz CT molecular complexity index is 296. The zero-order valence-electron chi connectivity index (χ0n) is 5.84. The molecule has 0 amide bonds. The van der Waals surface area contributed by atoms with Crippen LogP contribution in [-0.4, -0.2) is 5.88 Å². The molecule has 0 aromatic heterocycles. The highest BCUT2D eigenvalue weighted by molar-refractivity contribution is 7.80. The molecule has 0 aliphatic heterocycles. The Morgan fingerprint density at radius 2 is 2.09 bits per heavy atom. The number of thiol groups is 1. The SMILES string of the molecule is Sc1ccccc1C#CCCl. The number of hydrogen-bond donors (Lipinski definition) is 1. The summed E-state index contributed by atoms with van der Waals surface area (Å²) in [7, 11) is 0. The molecule has 0 unspecified atom stereocenters. The Hall–Kier alpha value is -0.580. The zero-order valence-corrected chi connectivity index (χ0v) is 7.49. The Kier molecular flexibility index (Phi) is 3.35. The van der Waals surface area contributed by atoms with E-state index in [1.807, 2.05) is 24.3 Å². The van der Waals surface area contributed by atoms with Gasteiger partial charge in [-0.05, 0) is 12.1 Å². The number of rotatable bonds is 0. The highest BCUT2D eigenvalue weighted by atomic mass is 35.5. The average Bonchev–Trinajstić information content (AvgIpc) is 2.03. The van der Waals surface area contributed by atoms with Gasteiger partial charge in [0.25, 0.3) is 0 Å². The van der Waals surface area contributed by atoms with Crippen LogP contribution >= 0.6 is 24.2 Å². The van der Waals surface area contributed by atoms with Gasteiger partial charge in [-0.3, -0.25) is 0 Å². The molecule has 2 heteroatoms. The van der Waals surface area contributed by atoms with Crippen molar-refractivity contribution in [3.8, 4) is 11.8 Å². The highest BCUT2D eigenvalue weighted by Gasteiger charge is 1.89. The van der Waals surface area contributed by atoms with Crippen LogP contribution < -0.4 is 0 Å². The summed E-state index contributed by atoms with van der Waals surface area (Å²) in [6.07, 6.45) is 0. The van der Waals surface area contributed by atoms with Crippen LogP contribution in [0.4, 0.5) is 0 Å². The van der Waals surface area contributed by atoms with E-state index in [2.05, 4.69) is 24.5 Å². The number of alkyl halides is 1. The normalized spacial score (nSPS) is 8.55. The predicted octanol–water partition coefficient (Wildman–Crippen LogP) is 2.57. The molecule has 0 radical (unpaired) electrons. The van der Waals surface area contributed by atoms with Crippen molar-refractivity contribution in [2.45, 2.75) is 4.90 Å². The second kappa shape index (κ2) is 4.33. The van der Waals surface area contributed by atoms with Crippen molar-refractivity contribution in [1.82, 2.24) is 0 Å². The van der Waals surface area contributed by atoms with E-state index in [0.29, 0.717) is 5.88 Å². The lowest BCUT2D eigenvalue weighted by molar-refractivity contribution is 1.43. The summed E-state index contributed by atoms with van der Waals surface area (Å²) in [5.74, 6) is 6.04. The molecule has 0 nitrogen and oxygen atoms in total.